The Kier molecular flexibility index (Phi) is 9.42. The quantitative estimate of drug-likeness (QED) is 0.421. The summed E-state index contributed by atoms with van der Waals surface area (Å²) in [5.41, 5.74) is -0.533. The van der Waals surface area contributed by atoms with E-state index in [1.165, 1.54) is 6.08 Å². The number of ether oxygens (including phenoxy) is 1. The molecule has 0 spiro atoms. The van der Waals surface area contributed by atoms with Crippen molar-refractivity contribution in [2.75, 3.05) is 13.6 Å². The molecule has 4 N–H and O–H groups in total. The van der Waals surface area contributed by atoms with Crippen molar-refractivity contribution in [3.63, 3.8) is 0 Å². The molecule has 0 heterocycles. The Morgan fingerprint density at radius 2 is 1.86 bits per heavy atom. The van der Waals surface area contributed by atoms with E-state index in [1.54, 1.807) is 11.9 Å². The highest BCUT2D eigenvalue weighted by Gasteiger charge is 2.35. The summed E-state index contributed by atoms with van der Waals surface area (Å²) in [7, 11) is 1.66. The van der Waals surface area contributed by atoms with Gasteiger partial charge in [-0.3, -0.25) is 10.2 Å². The molecule has 0 unspecified atom stereocenters. The minimum Gasteiger partial charge on any atom is -0.444 e. The third-order valence-electron chi connectivity index (χ3n) is 4.64. The predicted molar refractivity (Wildman–Crippen MR) is 116 cm³/mol. The lowest BCUT2D eigenvalue weighted by Crippen LogP contribution is -2.54. The molecule has 1 saturated carbocycles. The summed E-state index contributed by atoms with van der Waals surface area (Å²) < 4.78 is 5.52. The molecule has 1 aliphatic rings. The summed E-state index contributed by atoms with van der Waals surface area (Å²) in [5, 5.41) is 16.1. The smallest absolute Gasteiger partial charge is 0.410 e. The van der Waals surface area contributed by atoms with E-state index in [2.05, 4.69) is 16.0 Å². The van der Waals surface area contributed by atoms with Crippen LogP contribution in [0.5, 0.6) is 0 Å². The molecule has 2 amide bonds. The average Bonchev–Trinajstić information content (AvgIpc) is 2.49. The fourth-order valence-electron chi connectivity index (χ4n) is 3.18. The highest BCUT2D eigenvalue weighted by molar-refractivity contribution is 6.67. The van der Waals surface area contributed by atoms with Gasteiger partial charge < -0.3 is 25.6 Å². The molecule has 1 rings (SSSR count). The lowest BCUT2D eigenvalue weighted by molar-refractivity contribution is -0.127. The van der Waals surface area contributed by atoms with Gasteiger partial charge in [0.05, 0.1) is 0 Å². The lowest BCUT2D eigenvalue weighted by atomic mass is 9.79. The number of carbonyl (C=O) groups is 2. The normalized spacial score (nSPS) is 20.5. The maximum atomic E-state index is 12.5. The zero-order chi connectivity index (χ0) is 22.4. The van der Waals surface area contributed by atoms with Crippen LogP contribution in [0.1, 0.15) is 54.4 Å². The first-order chi connectivity index (χ1) is 13.3. The molecule has 0 aromatic heterocycles. The molecule has 0 aromatic rings. The second kappa shape index (κ2) is 10.8. The Morgan fingerprint density at radius 1 is 1.28 bits per heavy atom. The molecule has 1 atom stereocenters. The van der Waals surface area contributed by atoms with Crippen LogP contribution in [0.4, 0.5) is 4.79 Å². The van der Waals surface area contributed by atoms with Crippen LogP contribution < -0.4 is 16.0 Å². The summed E-state index contributed by atoms with van der Waals surface area (Å²) in [6.45, 7) is 12.1. The van der Waals surface area contributed by atoms with Crippen LogP contribution in [-0.2, 0) is 9.53 Å². The van der Waals surface area contributed by atoms with Crippen molar-refractivity contribution in [3.05, 3.63) is 11.9 Å². The van der Waals surface area contributed by atoms with Gasteiger partial charge in [-0.15, -0.1) is 0 Å². The van der Waals surface area contributed by atoms with E-state index in [-0.39, 0.29) is 41.2 Å². The topological polar surface area (TPSA) is 107 Å². The average molecular weight is 430 g/mol. The Balaban J connectivity index is 2.48. The van der Waals surface area contributed by atoms with Gasteiger partial charge in [-0.2, -0.15) is 0 Å². The molecule has 0 radical (unpaired) electrons. The molecule has 8 nitrogen and oxygen atoms in total. The van der Waals surface area contributed by atoms with Gasteiger partial charge >= 0.3 is 6.09 Å². The largest absolute Gasteiger partial charge is 0.444 e. The molecule has 0 aliphatic heterocycles. The van der Waals surface area contributed by atoms with Crippen molar-refractivity contribution < 1.29 is 14.3 Å². The summed E-state index contributed by atoms with van der Waals surface area (Å²) in [5.74, 6) is 0.230. The number of nitrogens with one attached hydrogen (secondary N) is 4. The van der Waals surface area contributed by atoms with Gasteiger partial charge in [-0.1, -0.05) is 11.6 Å². The van der Waals surface area contributed by atoms with Crippen LogP contribution in [0, 0.1) is 11.3 Å². The number of amides is 2. The van der Waals surface area contributed by atoms with E-state index in [4.69, 9.17) is 21.7 Å². The summed E-state index contributed by atoms with van der Waals surface area (Å²) in [4.78, 5) is 26.5. The number of allylic oxidation sites excluding steroid dienone is 1. The fraction of sp³-hybridized carbons (Fsp3) is 0.750. The van der Waals surface area contributed by atoms with E-state index in [0.717, 1.165) is 12.8 Å². The molecule has 1 aliphatic carbocycles. The third-order valence-corrected chi connectivity index (χ3v) is 4.75. The van der Waals surface area contributed by atoms with Gasteiger partial charge in [0, 0.05) is 43.7 Å². The fourth-order valence-corrected chi connectivity index (χ4v) is 3.29. The van der Waals surface area contributed by atoms with E-state index >= 15 is 0 Å². The number of nitrogens with zero attached hydrogens (tertiary/aromatic N) is 1. The number of hydrogen-bond acceptors (Lipinski definition) is 6. The Morgan fingerprint density at radius 3 is 2.31 bits per heavy atom. The summed E-state index contributed by atoms with van der Waals surface area (Å²) in [6.07, 6.45) is 2.49. The van der Waals surface area contributed by atoms with Gasteiger partial charge in [0.15, 0.2) is 0 Å². The van der Waals surface area contributed by atoms with Gasteiger partial charge in [0.1, 0.15) is 16.6 Å². The molecular formula is C20H36ClN5O3. The van der Waals surface area contributed by atoms with Crippen LogP contribution in [0.25, 0.3) is 0 Å². The molecule has 0 bridgehead atoms. The van der Waals surface area contributed by atoms with Gasteiger partial charge in [-0.05, 0) is 54.4 Å². The van der Waals surface area contributed by atoms with Crippen molar-refractivity contribution in [1.82, 2.24) is 20.9 Å². The van der Waals surface area contributed by atoms with Gasteiger partial charge in [0.25, 0.3) is 0 Å². The molecule has 29 heavy (non-hydrogen) atoms. The zero-order valence-electron chi connectivity index (χ0n) is 18.6. The third kappa shape index (κ3) is 8.62. The predicted octanol–water partition coefficient (Wildman–Crippen LogP) is 2.78. The van der Waals surface area contributed by atoms with Crippen molar-refractivity contribution >= 4 is 28.8 Å². The van der Waals surface area contributed by atoms with Crippen LogP contribution in [-0.4, -0.2) is 59.4 Å². The SMILES string of the molecule is CN/C(=C\C(=N)Cl)NC(=O)C1CC(NC[C@H](C)N(C(=O)OC(C)(C)C)C(C)C)C1. The van der Waals surface area contributed by atoms with Crippen molar-refractivity contribution in [3.8, 4) is 0 Å². The second-order valence-corrected chi connectivity index (χ2v) is 9.16. The van der Waals surface area contributed by atoms with Crippen LogP contribution in [0.3, 0.4) is 0 Å². The Labute approximate surface area is 179 Å². The first-order valence-electron chi connectivity index (χ1n) is 10.0. The second-order valence-electron chi connectivity index (χ2n) is 8.75. The van der Waals surface area contributed by atoms with Crippen molar-refractivity contribution in [1.29, 1.82) is 5.41 Å². The highest BCUT2D eigenvalue weighted by atomic mass is 35.5. The Hall–Kier alpha value is -1.80. The maximum Gasteiger partial charge on any atom is 0.410 e. The molecule has 9 heteroatoms. The van der Waals surface area contributed by atoms with Gasteiger partial charge in [-0.25, -0.2) is 4.79 Å². The van der Waals surface area contributed by atoms with Crippen LogP contribution in [0.2, 0.25) is 0 Å². The summed E-state index contributed by atoms with van der Waals surface area (Å²) >= 11 is 5.53. The zero-order valence-corrected chi connectivity index (χ0v) is 19.3. The number of rotatable bonds is 9. The number of halogens is 1. The molecule has 0 aromatic carbocycles. The molecule has 166 valence electrons. The minimum absolute atomic E-state index is 0.0222. The van der Waals surface area contributed by atoms with E-state index in [0.29, 0.717) is 12.4 Å². The maximum absolute atomic E-state index is 12.5. The van der Waals surface area contributed by atoms with Gasteiger partial charge in [0.2, 0.25) is 5.91 Å². The van der Waals surface area contributed by atoms with E-state index in [9.17, 15) is 9.59 Å². The number of hydrogen-bond donors (Lipinski definition) is 4. The molecule has 1 fully saturated rings. The number of carbonyl (C=O) groups excluding carboxylic acids is 2. The van der Waals surface area contributed by atoms with E-state index < -0.39 is 5.60 Å². The van der Waals surface area contributed by atoms with Crippen LogP contribution in [0.15, 0.2) is 11.9 Å². The van der Waals surface area contributed by atoms with Crippen molar-refractivity contribution in [2.24, 2.45) is 5.92 Å². The summed E-state index contributed by atoms with van der Waals surface area (Å²) in [6, 6.07) is 0.217. The first kappa shape index (κ1) is 25.2. The minimum atomic E-state index is -0.533. The lowest BCUT2D eigenvalue weighted by Gasteiger charge is -2.38. The monoisotopic (exact) mass is 429 g/mol. The molecule has 0 saturated heterocycles. The Bertz CT molecular complexity index is 624. The standard InChI is InChI=1S/C20H36ClN5O3/c1-12(2)26(19(28)29-20(4,5)6)13(3)11-24-15-8-14(9-15)18(27)25-17(23-7)10-16(21)22/h10,12-15,22-24H,8-9,11H2,1-7H3,(H,25,27)/b17-10+,22-16?/t13-,14?,15?/m0/s1. The highest BCUT2D eigenvalue weighted by Crippen LogP contribution is 2.28. The van der Waals surface area contributed by atoms with Crippen LogP contribution >= 0.6 is 11.6 Å². The van der Waals surface area contributed by atoms with E-state index in [1.807, 2.05) is 41.5 Å². The first-order valence-corrected chi connectivity index (χ1v) is 10.4. The molecular weight excluding hydrogens is 394 g/mol. The van der Waals surface area contributed by atoms with Crippen molar-refractivity contribution in [2.45, 2.75) is 78.1 Å².